The summed E-state index contributed by atoms with van der Waals surface area (Å²) in [6, 6.07) is 0. The molecule has 3 atom stereocenters. The summed E-state index contributed by atoms with van der Waals surface area (Å²) in [5.41, 5.74) is -0.112. The topological polar surface area (TPSA) is 29.1 Å². The summed E-state index contributed by atoms with van der Waals surface area (Å²) in [5.74, 6) is 2.35. The lowest BCUT2D eigenvalue weighted by Gasteiger charge is -2.37. The molecule has 0 aromatic rings. The van der Waals surface area contributed by atoms with Crippen LogP contribution in [0.4, 0.5) is 0 Å². The van der Waals surface area contributed by atoms with Gasteiger partial charge in [0.25, 0.3) is 0 Å². The SMILES string of the molecule is CC1CCC(C(C)C)[C@H](C(=O)NC(C)(C)C)C1. The van der Waals surface area contributed by atoms with E-state index in [2.05, 4.69) is 46.9 Å². The van der Waals surface area contributed by atoms with Gasteiger partial charge in [0.05, 0.1) is 0 Å². The Labute approximate surface area is 107 Å². The lowest BCUT2D eigenvalue weighted by molar-refractivity contribution is -0.130. The van der Waals surface area contributed by atoms with Gasteiger partial charge in [-0.1, -0.05) is 27.2 Å². The fourth-order valence-electron chi connectivity index (χ4n) is 2.97. The van der Waals surface area contributed by atoms with E-state index >= 15 is 0 Å². The van der Waals surface area contributed by atoms with Crippen molar-refractivity contribution < 1.29 is 4.79 Å². The van der Waals surface area contributed by atoms with Gasteiger partial charge in [-0.3, -0.25) is 4.79 Å². The van der Waals surface area contributed by atoms with Crippen LogP contribution in [0, 0.1) is 23.7 Å². The van der Waals surface area contributed by atoms with Crippen molar-refractivity contribution in [1.82, 2.24) is 5.32 Å². The fourth-order valence-corrected chi connectivity index (χ4v) is 2.97. The summed E-state index contributed by atoms with van der Waals surface area (Å²) in [6.45, 7) is 12.9. The molecular weight excluding hydrogens is 210 g/mol. The van der Waals surface area contributed by atoms with Crippen LogP contribution in [0.3, 0.4) is 0 Å². The third-order valence-electron chi connectivity index (χ3n) is 3.86. The zero-order valence-corrected chi connectivity index (χ0v) is 12.3. The van der Waals surface area contributed by atoms with Crippen LogP contribution in [0.5, 0.6) is 0 Å². The average Bonchev–Trinajstić information content (AvgIpc) is 2.14. The van der Waals surface area contributed by atoms with Gasteiger partial charge >= 0.3 is 0 Å². The molecule has 1 rings (SSSR count). The number of hydrogen-bond donors (Lipinski definition) is 1. The molecule has 2 nitrogen and oxygen atoms in total. The van der Waals surface area contributed by atoms with E-state index in [0.717, 1.165) is 6.42 Å². The average molecular weight is 239 g/mol. The Balaban J connectivity index is 2.72. The standard InChI is InChI=1S/C15H29NO/c1-10(2)12-8-7-11(3)9-13(12)14(17)16-15(4,5)6/h10-13H,7-9H2,1-6H3,(H,16,17)/t11?,12?,13-/m1/s1. The van der Waals surface area contributed by atoms with Crippen molar-refractivity contribution in [3.05, 3.63) is 0 Å². The molecule has 1 saturated carbocycles. The first kappa shape index (κ1) is 14.5. The van der Waals surface area contributed by atoms with Gasteiger partial charge in [-0.25, -0.2) is 0 Å². The van der Waals surface area contributed by atoms with Crippen molar-refractivity contribution >= 4 is 5.91 Å². The molecule has 100 valence electrons. The highest BCUT2D eigenvalue weighted by atomic mass is 16.2. The Bertz CT molecular complexity index is 265. The van der Waals surface area contributed by atoms with E-state index in [1.54, 1.807) is 0 Å². The minimum absolute atomic E-state index is 0.112. The van der Waals surface area contributed by atoms with Crippen molar-refractivity contribution in [1.29, 1.82) is 0 Å². The lowest BCUT2D eigenvalue weighted by atomic mass is 9.69. The van der Waals surface area contributed by atoms with Crippen LogP contribution >= 0.6 is 0 Å². The Hall–Kier alpha value is -0.530. The molecule has 0 aliphatic heterocycles. The van der Waals surface area contributed by atoms with Crippen molar-refractivity contribution in [3.63, 3.8) is 0 Å². The first-order valence-electron chi connectivity index (χ1n) is 7.02. The molecule has 1 aliphatic rings. The van der Waals surface area contributed by atoms with Gasteiger partial charge in [0.15, 0.2) is 0 Å². The molecule has 0 bridgehead atoms. The zero-order chi connectivity index (χ0) is 13.2. The van der Waals surface area contributed by atoms with Crippen LogP contribution in [-0.2, 0) is 4.79 Å². The number of nitrogens with one attached hydrogen (secondary N) is 1. The Morgan fingerprint density at radius 2 is 1.82 bits per heavy atom. The maximum absolute atomic E-state index is 12.4. The van der Waals surface area contributed by atoms with Gasteiger partial charge in [0.1, 0.15) is 0 Å². The normalized spacial score (nSPS) is 30.4. The molecule has 0 radical (unpaired) electrons. The smallest absolute Gasteiger partial charge is 0.223 e. The van der Waals surface area contributed by atoms with Crippen LogP contribution in [-0.4, -0.2) is 11.4 Å². The van der Waals surface area contributed by atoms with Gasteiger partial charge in [-0.05, 0) is 51.4 Å². The summed E-state index contributed by atoms with van der Waals surface area (Å²) in [4.78, 5) is 12.4. The molecule has 2 unspecified atom stereocenters. The van der Waals surface area contributed by atoms with Crippen molar-refractivity contribution in [2.45, 2.75) is 66.3 Å². The van der Waals surface area contributed by atoms with E-state index in [1.807, 2.05) is 0 Å². The van der Waals surface area contributed by atoms with Crippen molar-refractivity contribution in [2.75, 3.05) is 0 Å². The number of rotatable bonds is 2. The highest BCUT2D eigenvalue weighted by Gasteiger charge is 2.36. The number of amides is 1. The molecule has 0 heterocycles. The van der Waals surface area contributed by atoms with E-state index in [9.17, 15) is 4.79 Å². The van der Waals surface area contributed by atoms with Crippen LogP contribution < -0.4 is 5.32 Å². The third kappa shape index (κ3) is 4.33. The molecule has 17 heavy (non-hydrogen) atoms. The first-order chi connectivity index (χ1) is 7.70. The molecule has 1 amide bonds. The molecule has 1 N–H and O–H groups in total. The van der Waals surface area contributed by atoms with Crippen LogP contribution in [0.2, 0.25) is 0 Å². The minimum atomic E-state index is -0.112. The van der Waals surface area contributed by atoms with E-state index < -0.39 is 0 Å². The summed E-state index contributed by atoms with van der Waals surface area (Å²) >= 11 is 0. The Morgan fingerprint density at radius 3 is 2.29 bits per heavy atom. The van der Waals surface area contributed by atoms with E-state index in [1.165, 1.54) is 12.8 Å². The zero-order valence-electron chi connectivity index (χ0n) is 12.3. The fraction of sp³-hybridized carbons (Fsp3) is 0.933. The summed E-state index contributed by atoms with van der Waals surface area (Å²) in [5, 5.41) is 3.16. The molecule has 1 fully saturated rings. The van der Waals surface area contributed by atoms with Crippen LogP contribution in [0.1, 0.15) is 60.8 Å². The molecule has 0 saturated heterocycles. The number of hydrogen-bond acceptors (Lipinski definition) is 1. The molecule has 0 spiro atoms. The van der Waals surface area contributed by atoms with E-state index in [4.69, 9.17) is 0 Å². The summed E-state index contributed by atoms with van der Waals surface area (Å²) in [6.07, 6.45) is 3.55. The van der Waals surface area contributed by atoms with Gasteiger partial charge in [-0.2, -0.15) is 0 Å². The second-order valence-corrected chi connectivity index (χ2v) is 7.17. The maximum atomic E-state index is 12.4. The van der Waals surface area contributed by atoms with Crippen LogP contribution in [0.15, 0.2) is 0 Å². The summed E-state index contributed by atoms with van der Waals surface area (Å²) in [7, 11) is 0. The van der Waals surface area contributed by atoms with Gasteiger partial charge in [-0.15, -0.1) is 0 Å². The Morgan fingerprint density at radius 1 is 1.24 bits per heavy atom. The van der Waals surface area contributed by atoms with Crippen molar-refractivity contribution in [2.24, 2.45) is 23.7 Å². The second-order valence-electron chi connectivity index (χ2n) is 7.17. The molecule has 0 aromatic heterocycles. The highest BCUT2D eigenvalue weighted by Crippen LogP contribution is 2.38. The monoisotopic (exact) mass is 239 g/mol. The van der Waals surface area contributed by atoms with E-state index in [-0.39, 0.29) is 17.4 Å². The summed E-state index contributed by atoms with van der Waals surface area (Å²) < 4.78 is 0. The predicted octanol–water partition coefficient (Wildman–Crippen LogP) is 3.61. The van der Waals surface area contributed by atoms with Crippen molar-refractivity contribution in [3.8, 4) is 0 Å². The van der Waals surface area contributed by atoms with Crippen LogP contribution in [0.25, 0.3) is 0 Å². The van der Waals surface area contributed by atoms with Gasteiger partial charge < -0.3 is 5.32 Å². The highest BCUT2D eigenvalue weighted by molar-refractivity contribution is 5.79. The molecule has 1 aliphatic carbocycles. The molecular formula is C15H29NO. The lowest BCUT2D eigenvalue weighted by Crippen LogP contribution is -2.47. The Kier molecular flexibility index (Phi) is 4.62. The number of carbonyl (C=O) groups excluding carboxylic acids is 1. The minimum Gasteiger partial charge on any atom is -0.351 e. The third-order valence-corrected chi connectivity index (χ3v) is 3.86. The molecule has 2 heteroatoms. The van der Waals surface area contributed by atoms with Gasteiger partial charge in [0.2, 0.25) is 5.91 Å². The first-order valence-corrected chi connectivity index (χ1v) is 7.02. The second kappa shape index (κ2) is 5.41. The van der Waals surface area contributed by atoms with Gasteiger partial charge in [0, 0.05) is 11.5 Å². The quantitative estimate of drug-likeness (QED) is 0.783. The maximum Gasteiger partial charge on any atom is 0.223 e. The predicted molar refractivity (Wildman–Crippen MR) is 72.7 cm³/mol. The number of carbonyl (C=O) groups is 1. The van der Waals surface area contributed by atoms with E-state index in [0.29, 0.717) is 17.8 Å². The largest absolute Gasteiger partial charge is 0.351 e. The molecule has 0 aromatic carbocycles.